The van der Waals surface area contributed by atoms with Gasteiger partial charge in [0.2, 0.25) is 5.91 Å². The van der Waals surface area contributed by atoms with Gasteiger partial charge in [-0.3, -0.25) is 24.0 Å². The van der Waals surface area contributed by atoms with E-state index in [0.717, 1.165) is 34.8 Å². The summed E-state index contributed by atoms with van der Waals surface area (Å²) < 4.78 is 26.1. The number of amides is 2. The van der Waals surface area contributed by atoms with Gasteiger partial charge >= 0.3 is 23.9 Å². The molecule has 0 bridgehead atoms. The predicted octanol–water partition coefficient (Wildman–Crippen LogP) is -0.260. The number of nitrogens with one attached hydrogen (secondary N) is 2. The number of esters is 4. The molecule has 0 radical (unpaired) electrons. The number of benzene rings is 1. The Balaban J connectivity index is 2.71. The number of hydrogen-bond donors (Lipinski definition) is 3. The highest BCUT2D eigenvalue weighted by Crippen LogP contribution is 2.37. The molecule has 1 aliphatic rings. The Morgan fingerprint density at radius 1 is 0.950 bits per heavy atom. The van der Waals surface area contributed by atoms with E-state index in [2.05, 4.69) is 26.6 Å². The van der Waals surface area contributed by atoms with E-state index >= 15 is 0 Å². The number of methoxy groups -OCH3 is 1. The molecule has 0 spiro atoms. The number of rotatable bonds is 10. The zero-order valence-electron chi connectivity index (χ0n) is 22.4. The summed E-state index contributed by atoms with van der Waals surface area (Å²) in [4.78, 5) is 72.5. The number of aliphatic hydroxyl groups is 1. The molecule has 0 unspecified atom stereocenters. The monoisotopic (exact) mass is 630 g/mol. The van der Waals surface area contributed by atoms with Crippen LogP contribution in [0.4, 0.5) is 0 Å². The van der Waals surface area contributed by atoms with E-state index in [-0.39, 0.29) is 5.56 Å². The lowest BCUT2D eigenvalue weighted by Crippen LogP contribution is -2.75. The van der Waals surface area contributed by atoms with Crippen LogP contribution in [0, 0.1) is 0 Å². The molecule has 1 aromatic carbocycles. The normalized spacial score (nSPS) is 25.4. The fourth-order valence-corrected chi connectivity index (χ4v) is 4.86. The lowest BCUT2D eigenvalue weighted by molar-refractivity contribution is -0.283. The van der Waals surface area contributed by atoms with Gasteiger partial charge < -0.3 is 39.4 Å². The van der Waals surface area contributed by atoms with Crippen molar-refractivity contribution in [2.24, 2.45) is 0 Å². The lowest BCUT2D eigenvalue weighted by atomic mass is 9.86. The van der Waals surface area contributed by atoms with Crippen LogP contribution in [0.2, 0.25) is 0 Å². The van der Waals surface area contributed by atoms with Crippen LogP contribution < -0.4 is 10.6 Å². The first-order chi connectivity index (χ1) is 18.7. The molecule has 14 nitrogen and oxygen atoms in total. The Hall–Kier alpha value is -3.56. The van der Waals surface area contributed by atoms with Crippen molar-refractivity contribution >= 4 is 51.6 Å². The summed E-state index contributed by atoms with van der Waals surface area (Å²) in [6, 6.07) is 5.26. The molecule has 0 saturated carbocycles. The van der Waals surface area contributed by atoms with Gasteiger partial charge in [0.1, 0.15) is 17.5 Å². The fourth-order valence-electron chi connectivity index (χ4n) is 4.10. The smallest absolute Gasteiger partial charge is 0.367 e. The van der Waals surface area contributed by atoms with Crippen LogP contribution in [-0.4, -0.2) is 95.5 Å². The number of hydrogen-bond acceptors (Lipinski definition) is 12. The maximum atomic E-state index is 13.2. The van der Waals surface area contributed by atoms with Crippen molar-refractivity contribution in [1.29, 1.82) is 0 Å². The van der Waals surface area contributed by atoms with Crippen molar-refractivity contribution in [3.05, 3.63) is 35.9 Å². The predicted molar refractivity (Wildman–Crippen MR) is 138 cm³/mol. The Bertz CT molecular complexity index is 1120. The standard InChI is InChI=1S/C25H31BrN2O12/c1-12(29)27-18-19(28-23(33)16-9-7-6-8-10-16)22(26)25(35,24(34)36-5)40-21(18)20(39-15(4)32)17(38-14(3)31)11-37-13(2)30/h6-10,17-22,35H,11H2,1-5H3,(H,27,29)(H,28,33)/t17-,18-,19-,20-,21-,22+,25+/m1/s1. The molecule has 1 saturated heterocycles. The summed E-state index contributed by atoms with van der Waals surface area (Å²) in [7, 11) is 0.974. The van der Waals surface area contributed by atoms with E-state index in [1.54, 1.807) is 18.2 Å². The van der Waals surface area contributed by atoms with Crippen molar-refractivity contribution in [3.8, 4) is 0 Å². The first kappa shape index (κ1) is 32.7. The Morgan fingerprint density at radius 3 is 2.05 bits per heavy atom. The quantitative estimate of drug-likeness (QED) is 0.174. The molecule has 1 aromatic rings. The number of ether oxygens (including phenoxy) is 5. The molecule has 40 heavy (non-hydrogen) atoms. The fraction of sp³-hybridized carbons (Fsp3) is 0.520. The number of alkyl halides is 1. The summed E-state index contributed by atoms with van der Waals surface area (Å²) in [6.07, 6.45) is -4.91. The molecule has 2 rings (SSSR count). The Morgan fingerprint density at radius 2 is 1.55 bits per heavy atom. The molecule has 0 aromatic heterocycles. The average molecular weight is 631 g/mol. The van der Waals surface area contributed by atoms with Crippen molar-refractivity contribution in [2.75, 3.05) is 13.7 Å². The van der Waals surface area contributed by atoms with Crippen LogP contribution in [0.15, 0.2) is 30.3 Å². The molecule has 0 aliphatic carbocycles. The van der Waals surface area contributed by atoms with Gasteiger partial charge in [0.15, 0.2) is 12.2 Å². The zero-order chi connectivity index (χ0) is 30.2. The Kier molecular flexibility index (Phi) is 11.6. The van der Waals surface area contributed by atoms with Crippen LogP contribution in [0.25, 0.3) is 0 Å². The van der Waals surface area contributed by atoms with Crippen molar-refractivity contribution in [2.45, 2.75) is 68.7 Å². The van der Waals surface area contributed by atoms with Crippen molar-refractivity contribution in [3.63, 3.8) is 0 Å². The van der Waals surface area contributed by atoms with Crippen LogP contribution in [0.5, 0.6) is 0 Å². The SMILES string of the molecule is COC(=O)[C@@]1(O)O[C@@H]([C@H](OC(C)=O)[C@@H](COC(C)=O)OC(C)=O)[C@H](NC(C)=O)[C@@H](NC(=O)c2ccccc2)[C@@H]1Br. The first-order valence-corrected chi connectivity index (χ1v) is 12.9. The molecule has 1 fully saturated rings. The highest BCUT2D eigenvalue weighted by atomic mass is 79.9. The maximum absolute atomic E-state index is 13.2. The minimum Gasteiger partial charge on any atom is -0.465 e. The summed E-state index contributed by atoms with van der Waals surface area (Å²) in [6.45, 7) is 3.67. The molecular formula is C25H31BrN2O12. The first-order valence-electron chi connectivity index (χ1n) is 11.9. The summed E-state index contributed by atoms with van der Waals surface area (Å²) in [5.41, 5.74) is 0.206. The van der Waals surface area contributed by atoms with Crippen molar-refractivity contribution < 1.29 is 57.6 Å². The second-order valence-corrected chi connectivity index (χ2v) is 9.77. The van der Waals surface area contributed by atoms with E-state index in [9.17, 15) is 33.9 Å². The van der Waals surface area contributed by atoms with E-state index in [1.165, 1.54) is 12.1 Å². The zero-order valence-corrected chi connectivity index (χ0v) is 24.0. The number of carbonyl (C=O) groups is 6. The number of carbonyl (C=O) groups excluding carboxylic acids is 6. The third-order valence-corrected chi connectivity index (χ3v) is 6.88. The molecule has 7 atom stereocenters. The molecule has 2 amide bonds. The van der Waals surface area contributed by atoms with Gasteiger partial charge in [-0.05, 0) is 12.1 Å². The third-order valence-electron chi connectivity index (χ3n) is 5.69. The highest BCUT2D eigenvalue weighted by Gasteiger charge is 2.62. The van der Waals surface area contributed by atoms with E-state index in [1.807, 2.05) is 0 Å². The Labute approximate surface area is 238 Å². The second-order valence-electron chi connectivity index (χ2n) is 8.79. The van der Waals surface area contributed by atoms with Gasteiger partial charge in [-0.2, -0.15) is 0 Å². The highest BCUT2D eigenvalue weighted by molar-refractivity contribution is 9.09. The molecular weight excluding hydrogens is 600 g/mol. The summed E-state index contributed by atoms with van der Waals surface area (Å²) >= 11 is 3.20. The average Bonchev–Trinajstić information content (AvgIpc) is 2.88. The minimum absolute atomic E-state index is 0.206. The summed E-state index contributed by atoms with van der Waals surface area (Å²) in [5.74, 6) is -7.96. The third kappa shape index (κ3) is 8.22. The van der Waals surface area contributed by atoms with E-state index in [4.69, 9.17) is 23.7 Å². The molecule has 1 heterocycles. The van der Waals surface area contributed by atoms with Gasteiger partial charge in [0, 0.05) is 33.3 Å². The minimum atomic E-state index is -2.83. The van der Waals surface area contributed by atoms with Crippen LogP contribution >= 0.6 is 15.9 Å². The largest absolute Gasteiger partial charge is 0.465 e. The van der Waals surface area contributed by atoms with Crippen molar-refractivity contribution in [1.82, 2.24) is 10.6 Å². The molecule has 3 N–H and O–H groups in total. The molecule has 15 heteroatoms. The van der Waals surface area contributed by atoms with Gasteiger partial charge in [-0.1, -0.05) is 34.1 Å². The van der Waals surface area contributed by atoms with Gasteiger partial charge in [0.05, 0.1) is 19.2 Å². The number of halogens is 1. The lowest BCUT2D eigenvalue weighted by Gasteiger charge is -2.50. The van der Waals surface area contributed by atoms with Gasteiger partial charge in [-0.25, -0.2) is 4.79 Å². The molecule has 1 aliphatic heterocycles. The van der Waals surface area contributed by atoms with Crippen LogP contribution in [-0.2, 0) is 47.7 Å². The van der Waals surface area contributed by atoms with Gasteiger partial charge in [0.25, 0.3) is 11.7 Å². The van der Waals surface area contributed by atoms with Gasteiger partial charge in [-0.15, -0.1) is 0 Å². The molecule has 220 valence electrons. The topological polar surface area (TPSA) is 193 Å². The van der Waals surface area contributed by atoms with E-state index < -0.39 is 83.3 Å². The second kappa shape index (κ2) is 14.2. The van der Waals surface area contributed by atoms with E-state index in [0.29, 0.717) is 0 Å². The van der Waals surface area contributed by atoms with Crippen LogP contribution in [0.1, 0.15) is 38.1 Å². The summed E-state index contributed by atoms with van der Waals surface area (Å²) in [5, 5.41) is 16.6. The van der Waals surface area contributed by atoms with Crippen LogP contribution in [0.3, 0.4) is 0 Å². The maximum Gasteiger partial charge on any atom is 0.367 e.